The second kappa shape index (κ2) is 21.8. The van der Waals surface area contributed by atoms with Crippen LogP contribution in [0.15, 0.2) is 29.5 Å². The van der Waals surface area contributed by atoms with E-state index in [2.05, 4.69) is 24.1 Å². The molecule has 0 aliphatic carbocycles. The van der Waals surface area contributed by atoms with Gasteiger partial charge >= 0.3 is 5.97 Å². The van der Waals surface area contributed by atoms with Crippen LogP contribution in [-0.2, 0) is 4.79 Å². The number of aliphatic imine (C=N–C) groups is 1. The lowest BCUT2D eigenvalue weighted by atomic mass is 10.0. The number of aliphatic carboxylic acids is 1. The molecule has 3 N–H and O–H groups in total. The van der Waals surface area contributed by atoms with Gasteiger partial charge in [-0.3, -0.25) is 0 Å². The Labute approximate surface area is 216 Å². The molecule has 0 amide bonds. The summed E-state index contributed by atoms with van der Waals surface area (Å²) in [7, 11) is 0. The van der Waals surface area contributed by atoms with Gasteiger partial charge < -0.3 is 10.8 Å². The zero-order chi connectivity index (χ0) is 25.5. The molecule has 1 atom stereocenters. The van der Waals surface area contributed by atoms with E-state index in [1.807, 2.05) is 6.20 Å². The first-order chi connectivity index (χ1) is 17.1. The monoisotopic (exact) mass is 490 g/mol. The smallest absolute Gasteiger partial charge is 0.360 e. The third kappa shape index (κ3) is 16.0. The fourth-order valence-electron chi connectivity index (χ4n) is 5.17. The number of unbranched alkanes of at least 4 members (excludes halogenated alkanes) is 18. The van der Waals surface area contributed by atoms with Crippen molar-refractivity contribution in [3.8, 4) is 0 Å². The fraction of sp³-hybridized carbons (Fsp3) is 0.800. The minimum absolute atomic E-state index is 0.0457. The lowest BCUT2D eigenvalue weighted by molar-refractivity contribution is -0.778. The van der Waals surface area contributed by atoms with Crippen LogP contribution in [0.25, 0.3) is 0 Å². The van der Waals surface area contributed by atoms with Crippen LogP contribution in [0.1, 0.15) is 135 Å². The Hall–Kier alpha value is -1.46. The zero-order valence-corrected chi connectivity index (χ0v) is 22.9. The maximum Gasteiger partial charge on any atom is 0.360 e. The number of carboxylic acids is 1. The third-order valence-corrected chi connectivity index (χ3v) is 7.29. The van der Waals surface area contributed by atoms with E-state index in [1.165, 1.54) is 116 Å². The molecule has 0 spiro atoms. The van der Waals surface area contributed by atoms with Crippen LogP contribution in [0.3, 0.4) is 0 Å². The molecule has 35 heavy (non-hydrogen) atoms. The molecule has 5 heteroatoms. The highest BCUT2D eigenvalue weighted by atomic mass is 16.4. The quantitative estimate of drug-likeness (QED) is 0.0771. The predicted molar refractivity (Wildman–Crippen MR) is 150 cm³/mol. The number of amidine groups is 1. The molecule has 0 fully saturated rings. The van der Waals surface area contributed by atoms with E-state index in [-0.39, 0.29) is 6.54 Å². The number of quaternary nitrogens is 1. The van der Waals surface area contributed by atoms with Crippen molar-refractivity contribution >= 4 is 11.8 Å². The number of hydrogen-bond donors (Lipinski definition) is 2. The molecule has 1 aliphatic rings. The minimum atomic E-state index is -0.796. The van der Waals surface area contributed by atoms with Crippen molar-refractivity contribution in [3.63, 3.8) is 0 Å². The largest absolute Gasteiger partial charge is 0.477 e. The Kier molecular flexibility index (Phi) is 19.7. The Bertz CT molecular complexity index is 615. The van der Waals surface area contributed by atoms with Gasteiger partial charge in [-0.25, -0.2) is 14.3 Å². The average Bonchev–Trinajstić information content (AvgIpc) is 3.21. The molecule has 0 radical (unpaired) electrons. The molecule has 0 aromatic heterocycles. The maximum absolute atomic E-state index is 11.3. The first-order valence-corrected chi connectivity index (χ1v) is 14.8. The van der Waals surface area contributed by atoms with E-state index in [0.717, 1.165) is 18.7 Å². The maximum atomic E-state index is 11.3. The molecule has 1 unspecified atom stereocenters. The highest BCUT2D eigenvalue weighted by Crippen LogP contribution is 2.21. The summed E-state index contributed by atoms with van der Waals surface area (Å²) in [6.45, 7) is 3.23. The van der Waals surface area contributed by atoms with Gasteiger partial charge in [-0.15, -0.1) is 0 Å². The van der Waals surface area contributed by atoms with Gasteiger partial charge in [0, 0.05) is 13.0 Å². The second-order valence-corrected chi connectivity index (χ2v) is 10.4. The topological polar surface area (TPSA) is 75.7 Å². The molecule has 202 valence electrons. The van der Waals surface area contributed by atoms with Gasteiger partial charge in [0.2, 0.25) is 5.84 Å². The molecule has 1 aliphatic heterocycles. The van der Waals surface area contributed by atoms with Gasteiger partial charge in [0.25, 0.3) is 0 Å². The van der Waals surface area contributed by atoms with E-state index in [9.17, 15) is 9.90 Å². The van der Waals surface area contributed by atoms with Crippen LogP contribution in [0.5, 0.6) is 0 Å². The van der Waals surface area contributed by atoms with E-state index in [0.29, 0.717) is 17.6 Å². The summed E-state index contributed by atoms with van der Waals surface area (Å²) in [5, 5.41) is 9.28. The summed E-state index contributed by atoms with van der Waals surface area (Å²) in [6.07, 6.45) is 34.8. The molecule has 0 saturated carbocycles. The first-order valence-electron chi connectivity index (χ1n) is 14.8. The van der Waals surface area contributed by atoms with E-state index >= 15 is 0 Å². The SMILES string of the molecule is C/C=C/CCCCCCCCCCCCCCCCCCCCC1=NC=C[N+]1(CCN)CC(=O)O. The summed E-state index contributed by atoms with van der Waals surface area (Å²) >= 11 is 0. The molecule has 0 aromatic carbocycles. The van der Waals surface area contributed by atoms with Crippen LogP contribution >= 0.6 is 0 Å². The number of rotatable bonds is 25. The Morgan fingerprint density at radius 1 is 0.829 bits per heavy atom. The van der Waals surface area contributed by atoms with Crippen molar-refractivity contribution in [1.82, 2.24) is 0 Å². The number of carboxylic acid groups (broad SMARTS) is 1. The van der Waals surface area contributed by atoms with Gasteiger partial charge in [0.15, 0.2) is 6.54 Å². The van der Waals surface area contributed by atoms with E-state index in [1.54, 1.807) is 6.20 Å². The van der Waals surface area contributed by atoms with Crippen molar-refractivity contribution in [2.24, 2.45) is 10.7 Å². The number of nitrogens with zero attached hydrogens (tertiary/aromatic N) is 2. The highest BCUT2D eigenvalue weighted by Gasteiger charge is 2.36. The highest BCUT2D eigenvalue weighted by molar-refractivity contribution is 5.81. The normalized spacial score (nSPS) is 17.5. The van der Waals surface area contributed by atoms with Gasteiger partial charge in [-0.1, -0.05) is 115 Å². The van der Waals surface area contributed by atoms with E-state index in [4.69, 9.17) is 5.73 Å². The first kappa shape index (κ1) is 31.6. The Morgan fingerprint density at radius 2 is 1.29 bits per heavy atom. The summed E-state index contributed by atoms with van der Waals surface area (Å²) in [5.74, 6) is 0.170. The lowest BCUT2D eigenvalue weighted by Gasteiger charge is -2.30. The van der Waals surface area contributed by atoms with E-state index < -0.39 is 5.97 Å². The van der Waals surface area contributed by atoms with Crippen molar-refractivity contribution in [1.29, 1.82) is 0 Å². The van der Waals surface area contributed by atoms with Gasteiger partial charge in [0.1, 0.15) is 12.7 Å². The summed E-state index contributed by atoms with van der Waals surface area (Å²) in [5.41, 5.74) is 5.74. The van der Waals surface area contributed by atoms with Crippen molar-refractivity contribution < 1.29 is 14.4 Å². The van der Waals surface area contributed by atoms with Crippen LogP contribution in [0.4, 0.5) is 0 Å². The number of carbonyl (C=O) groups is 1. The molecule has 0 saturated heterocycles. The van der Waals surface area contributed by atoms with Crippen LogP contribution in [0, 0.1) is 0 Å². The van der Waals surface area contributed by atoms with Gasteiger partial charge in [-0.2, -0.15) is 0 Å². The zero-order valence-electron chi connectivity index (χ0n) is 22.9. The Morgan fingerprint density at radius 3 is 1.71 bits per heavy atom. The Balaban J connectivity index is 1.85. The molecular formula is C30H56N3O2+. The van der Waals surface area contributed by atoms with Gasteiger partial charge in [0.05, 0.1) is 6.20 Å². The second-order valence-electron chi connectivity index (χ2n) is 10.4. The molecule has 5 nitrogen and oxygen atoms in total. The predicted octanol–water partition coefficient (Wildman–Crippen LogP) is 8.11. The number of hydrogen-bond acceptors (Lipinski definition) is 3. The number of nitrogens with two attached hydrogens (primary N) is 1. The summed E-state index contributed by atoms with van der Waals surface area (Å²) in [4.78, 5) is 15.8. The van der Waals surface area contributed by atoms with Crippen molar-refractivity contribution in [3.05, 3.63) is 24.6 Å². The number of allylic oxidation sites excluding steroid dienone is 2. The van der Waals surface area contributed by atoms with Gasteiger partial charge in [-0.05, 0) is 26.2 Å². The third-order valence-electron chi connectivity index (χ3n) is 7.29. The lowest BCUT2D eigenvalue weighted by Crippen LogP contribution is -2.52. The standard InChI is InChI=1S/C30H55N3O2/c1-2-3-4-5-6-7-8-9-10-11-12-13-14-15-16-17-18-19-20-21-22-23-29-32-25-27-33(29,26-24-31)28-30(34)35/h2-3,25,27H,4-24,26,28,31H2,1H3/p+1/b3-2+. The molecule has 1 heterocycles. The molecule has 0 bridgehead atoms. The van der Waals surface area contributed by atoms with Crippen LogP contribution < -0.4 is 5.73 Å². The van der Waals surface area contributed by atoms with Crippen LogP contribution in [-0.4, -0.2) is 41.0 Å². The van der Waals surface area contributed by atoms with Crippen molar-refractivity contribution in [2.45, 2.75) is 135 Å². The minimum Gasteiger partial charge on any atom is -0.477 e. The summed E-state index contributed by atoms with van der Waals surface area (Å²) < 4.78 is 0.309. The average molecular weight is 491 g/mol. The van der Waals surface area contributed by atoms with Crippen LogP contribution in [0.2, 0.25) is 0 Å². The summed E-state index contributed by atoms with van der Waals surface area (Å²) in [6, 6.07) is 0. The molecule has 1 rings (SSSR count). The van der Waals surface area contributed by atoms with Crippen molar-refractivity contribution in [2.75, 3.05) is 19.6 Å². The fourth-order valence-corrected chi connectivity index (χ4v) is 5.17. The molecule has 0 aromatic rings. The molecular weight excluding hydrogens is 434 g/mol.